The molecule has 1 amide bonds. The Morgan fingerprint density at radius 2 is 1.87 bits per heavy atom. The van der Waals surface area contributed by atoms with E-state index < -0.39 is 42.0 Å². The van der Waals surface area contributed by atoms with Crippen molar-refractivity contribution in [1.29, 1.82) is 0 Å². The van der Waals surface area contributed by atoms with Crippen LogP contribution in [0, 0.1) is 0 Å². The number of halogens is 3. The molecule has 0 spiro atoms. The number of aromatic carboxylic acids is 1. The van der Waals surface area contributed by atoms with Crippen LogP contribution in [-0.2, 0) is 6.18 Å². The Kier molecular flexibility index (Phi) is 5.85. The molecule has 0 bridgehead atoms. The smallest absolute Gasteiger partial charge is 0.434 e. The first kappa shape index (κ1) is 21.4. The zero-order valence-corrected chi connectivity index (χ0v) is 15.1. The average Bonchev–Trinajstić information content (AvgIpc) is 2.70. The highest BCUT2D eigenvalue weighted by Gasteiger charge is 2.38. The number of anilines is 1. The third-order valence-corrected chi connectivity index (χ3v) is 4.41. The van der Waals surface area contributed by atoms with Crippen LogP contribution in [0.1, 0.15) is 26.5 Å². The van der Waals surface area contributed by atoms with Gasteiger partial charge in [-0.3, -0.25) is 14.8 Å². The maximum Gasteiger partial charge on any atom is 0.434 e. The molecule has 1 saturated heterocycles. The van der Waals surface area contributed by atoms with Crippen molar-refractivity contribution in [3.8, 4) is 0 Å². The minimum Gasteiger partial charge on any atom is -0.478 e. The minimum absolute atomic E-state index is 0.0961. The second-order valence-electron chi connectivity index (χ2n) is 6.54. The number of piperidine rings is 1. The largest absolute Gasteiger partial charge is 0.478 e. The highest BCUT2D eigenvalue weighted by Crippen LogP contribution is 2.28. The van der Waals surface area contributed by atoms with Crippen LogP contribution < -0.4 is 5.32 Å². The molecule has 4 N–H and O–H groups in total. The molecular weight excluding hydrogens is 411 g/mol. The van der Waals surface area contributed by atoms with Crippen LogP contribution in [0.25, 0.3) is 0 Å². The first-order valence-corrected chi connectivity index (χ1v) is 8.57. The van der Waals surface area contributed by atoms with Gasteiger partial charge in [-0.05, 0) is 12.1 Å². The Balaban J connectivity index is 1.77. The van der Waals surface area contributed by atoms with Crippen LogP contribution >= 0.6 is 0 Å². The molecule has 0 aliphatic carbocycles. The third kappa shape index (κ3) is 4.63. The number of amides is 1. The van der Waals surface area contributed by atoms with E-state index in [1.165, 1.54) is 12.1 Å². The van der Waals surface area contributed by atoms with E-state index in [2.05, 4.69) is 20.3 Å². The van der Waals surface area contributed by atoms with Gasteiger partial charge in [0.15, 0.2) is 5.69 Å². The zero-order chi connectivity index (χ0) is 22.1. The number of β-amino-alcohol motifs (C(OH)–C–C–N with tert-alkyl or cyclic N) is 1. The predicted molar refractivity (Wildman–Crippen MR) is 93.6 cm³/mol. The molecule has 0 unspecified atom stereocenters. The highest BCUT2D eigenvalue weighted by molar-refractivity contribution is 5.94. The number of hydrogen-bond donors (Lipinski definition) is 4. The van der Waals surface area contributed by atoms with Gasteiger partial charge in [0.1, 0.15) is 17.6 Å². The van der Waals surface area contributed by atoms with Gasteiger partial charge in [0, 0.05) is 19.3 Å². The molecule has 30 heavy (non-hydrogen) atoms. The summed E-state index contributed by atoms with van der Waals surface area (Å²) in [6.07, 6.45) is -4.95. The summed E-state index contributed by atoms with van der Waals surface area (Å²) in [5, 5.41) is 31.7. The fourth-order valence-electron chi connectivity index (χ4n) is 2.89. The lowest BCUT2D eigenvalue weighted by Gasteiger charge is -2.39. The number of alkyl halides is 3. The molecule has 160 valence electrons. The topological polar surface area (TPSA) is 149 Å². The Hall–Kier alpha value is -3.32. The molecule has 0 radical (unpaired) electrons. The molecule has 3 heterocycles. The maximum atomic E-state index is 12.8. The lowest BCUT2D eigenvalue weighted by molar-refractivity contribution is -0.141. The number of aliphatic hydroxyl groups is 2. The standard InChI is InChI=1S/C17H16F3N5O5/c18-17(19,20)12-4-21-5-13(24-12)23-10-6-25(7-11(26)14(10)27)15(28)9-2-1-8(3-22-9)16(29)30/h1-5,10-11,14,26-27H,6-7H2,(H,23,24)(H,29,30)/t10-,11-,14+/m0/s1. The van der Waals surface area contributed by atoms with Crippen LogP contribution in [0.2, 0.25) is 0 Å². The van der Waals surface area contributed by atoms with Gasteiger partial charge in [-0.15, -0.1) is 0 Å². The maximum absolute atomic E-state index is 12.8. The SMILES string of the molecule is O=C(O)c1ccc(C(=O)N2C[C@H](Nc3cncc(C(F)(F)F)n3)[C@@H](O)[C@@H](O)C2)nc1. The molecule has 1 aliphatic heterocycles. The number of aromatic nitrogens is 3. The summed E-state index contributed by atoms with van der Waals surface area (Å²) in [6.45, 7) is -0.438. The van der Waals surface area contributed by atoms with Gasteiger partial charge in [-0.25, -0.2) is 9.78 Å². The van der Waals surface area contributed by atoms with Crippen LogP contribution in [0.5, 0.6) is 0 Å². The number of nitrogens with one attached hydrogen (secondary N) is 1. The summed E-state index contributed by atoms with van der Waals surface area (Å²) in [7, 11) is 0. The fraction of sp³-hybridized carbons (Fsp3) is 0.353. The van der Waals surface area contributed by atoms with Gasteiger partial charge in [0.25, 0.3) is 5.91 Å². The molecule has 0 aromatic carbocycles. The normalized spacial score (nSPS) is 21.9. The van der Waals surface area contributed by atoms with E-state index in [-0.39, 0.29) is 30.2 Å². The minimum atomic E-state index is -4.72. The molecule has 3 rings (SSSR count). The van der Waals surface area contributed by atoms with E-state index in [9.17, 15) is 33.0 Å². The lowest BCUT2D eigenvalue weighted by Crippen LogP contribution is -2.59. The van der Waals surface area contributed by atoms with Crippen molar-refractivity contribution in [2.45, 2.75) is 24.4 Å². The number of likely N-dealkylation sites (tertiary alicyclic amines) is 1. The molecule has 0 saturated carbocycles. The van der Waals surface area contributed by atoms with Crippen molar-refractivity contribution in [1.82, 2.24) is 19.9 Å². The van der Waals surface area contributed by atoms with E-state index in [0.29, 0.717) is 6.20 Å². The molecule has 10 nitrogen and oxygen atoms in total. The van der Waals surface area contributed by atoms with Gasteiger partial charge < -0.3 is 25.5 Å². The third-order valence-electron chi connectivity index (χ3n) is 4.41. The first-order valence-electron chi connectivity index (χ1n) is 8.57. The number of nitrogens with zero attached hydrogens (tertiary/aromatic N) is 4. The molecule has 3 atom stereocenters. The number of hydrogen-bond acceptors (Lipinski definition) is 8. The molecule has 2 aromatic rings. The summed E-state index contributed by atoms with van der Waals surface area (Å²) < 4.78 is 38.4. The monoisotopic (exact) mass is 427 g/mol. The van der Waals surface area contributed by atoms with Gasteiger partial charge >= 0.3 is 12.1 Å². The summed E-state index contributed by atoms with van der Waals surface area (Å²) in [5.74, 6) is -2.16. The zero-order valence-electron chi connectivity index (χ0n) is 15.1. The van der Waals surface area contributed by atoms with Crippen LogP contribution in [-0.4, -0.2) is 78.4 Å². The predicted octanol–water partition coefficient (Wildman–Crippen LogP) is 0.247. The van der Waals surface area contributed by atoms with Crippen LogP contribution in [0.3, 0.4) is 0 Å². The lowest BCUT2D eigenvalue weighted by atomic mass is 9.99. The van der Waals surface area contributed by atoms with E-state index in [4.69, 9.17) is 5.11 Å². The van der Waals surface area contributed by atoms with Gasteiger partial charge in [-0.1, -0.05) is 0 Å². The van der Waals surface area contributed by atoms with Crippen LogP contribution in [0.4, 0.5) is 19.0 Å². The molecular formula is C17H16F3N5O5. The summed E-state index contributed by atoms with van der Waals surface area (Å²) >= 11 is 0. The molecule has 13 heteroatoms. The fourth-order valence-corrected chi connectivity index (χ4v) is 2.89. The summed E-state index contributed by atoms with van der Waals surface area (Å²) in [4.78, 5) is 35.3. The molecule has 1 fully saturated rings. The summed E-state index contributed by atoms with van der Waals surface area (Å²) in [6, 6.07) is 1.34. The number of carboxylic acid groups (broad SMARTS) is 1. The van der Waals surface area contributed by atoms with Gasteiger partial charge in [-0.2, -0.15) is 13.2 Å². The van der Waals surface area contributed by atoms with Crippen molar-refractivity contribution >= 4 is 17.7 Å². The Morgan fingerprint density at radius 1 is 1.13 bits per heavy atom. The van der Waals surface area contributed by atoms with Gasteiger partial charge in [0.2, 0.25) is 0 Å². The second kappa shape index (κ2) is 8.20. The number of pyridine rings is 1. The van der Waals surface area contributed by atoms with E-state index in [1.54, 1.807) is 0 Å². The summed E-state index contributed by atoms with van der Waals surface area (Å²) in [5.41, 5.74) is -1.46. The molecule has 1 aliphatic rings. The van der Waals surface area contributed by atoms with Gasteiger partial charge in [0.05, 0.1) is 30.1 Å². The van der Waals surface area contributed by atoms with Crippen molar-refractivity contribution in [2.75, 3.05) is 18.4 Å². The van der Waals surface area contributed by atoms with Crippen molar-refractivity contribution in [2.24, 2.45) is 0 Å². The number of aliphatic hydroxyl groups excluding tert-OH is 2. The van der Waals surface area contributed by atoms with Crippen molar-refractivity contribution in [3.05, 3.63) is 47.7 Å². The Bertz CT molecular complexity index is 940. The number of carbonyl (C=O) groups excluding carboxylic acids is 1. The van der Waals surface area contributed by atoms with Crippen molar-refractivity contribution in [3.63, 3.8) is 0 Å². The number of carboxylic acids is 1. The Labute approximate surface area is 167 Å². The van der Waals surface area contributed by atoms with E-state index in [1.807, 2.05) is 0 Å². The van der Waals surface area contributed by atoms with E-state index >= 15 is 0 Å². The highest BCUT2D eigenvalue weighted by atomic mass is 19.4. The second-order valence-corrected chi connectivity index (χ2v) is 6.54. The van der Waals surface area contributed by atoms with Crippen molar-refractivity contribution < 1.29 is 38.1 Å². The number of rotatable bonds is 4. The van der Waals surface area contributed by atoms with E-state index in [0.717, 1.165) is 17.3 Å². The quantitative estimate of drug-likeness (QED) is 0.539. The average molecular weight is 427 g/mol. The Morgan fingerprint density at radius 3 is 2.47 bits per heavy atom. The number of carbonyl (C=O) groups is 2. The molecule has 2 aromatic heterocycles. The van der Waals surface area contributed by atoms with Crippen LogP contribution in [0.15, 0.2) is 30.7 Å². The first-order chi connectivity index (χ1) is 14.1.